The van der Waals surface area contributed by atoms with Gasteiger partial charge in [-0.1, -0.05) is 12.1 Å². The average molecular weight is 270 g/mol. The fourth-order valence-corrected chi connectivity index (χ4v) is 2.96. The van der Waals surface area contributed by atoms with Crippen molar-refractivity contribution in [3.63, 3.8) is 0 Å². The molecule has 0 amide bonds. The van der Waals surface area contributed by atoms with Gasteiger partial charge in [-0.3, -0.25) is 9.88 Å². The molecule has 2 aromatic rings. The van der Waals surface area contributed by atoms with E-state index in [1.54, 1.807) is 0 Å². The Balaban J connectivity index is 1.89. The number of hydrogen-bond acceptors (Lipinski definition) is 4. The van der Waals surface area contributed by atoms with Gasteiger partial charge in [-0.2, -0.15) is 0 Å². The Morgan fingerprint density at radius 2 is 2.10 bits per heavy atom. The molecule has 1 fully saturated rings. The molecule has 0 bridgehead atoms. The fourth-order valence-electron chi connectivity index (χ4n) is 2.96. The molecular weight excluding hydrogens is 248 g/mol. The number of nitrogens with two attached hydrogens (primary N) is 1. The van der Waals surface area contributed by atoms with Crippen LogP contribution < -0.4 is 5.73 Å². The summed E-state index contributed by atoms with van der Waals surface area (Å²) in [6.07, 6.45) is 1.83. The molecule has 1 aliphatic heterocycles. The first-order valence-electron chi connectivity index (χ1n) is 7.14. The lowest BCUT2D eigenvalue weighted by atomic mass is 9.96. The van der Waals surface area contributed by atoms with Crippen molar-refractivity contribution in [2.75, 3.05) is 33.7 Å². The van der Waals surface area contributed by atoms with Gasteiger partial charge in [0.2, 0.25) is 0 Å². The Kier molecular flexibility index (Phi) is 3.70. The minimum atomic E-state index is 0.0346. The van der Waals surface area contributed by atoms with Crippen molar-refractivity contribution in [3.8, 4) is 0 Å². The first kappa shape index (κ1) is 13.5. The second-order valence-corrected chi connectivity index (χ2v) is 5.79. The Bertz CT molecular complexity index is 598. The van der Waals surface area contributed by atoms with Crippen LogP contribution in [0.4, 0.5) is 0 Å². The summed E-state index contributed by atoms with van der Waals surface area (Å²) in [5.74, 6) is 0. The van der Waals surface area contributed by atoms with Crippen molar-refractivity contribution >= 4 is 10.9 Å². The van der Waals surface area contributed by atoms with Crippen molar-refractivity contribution in [2.45, 2.75) is 12.1 Å². The highest BCUT2D eigenvalue weighted by molar-refractivity contribution is 5.79. The van der Waals surface area contributed by atoms with E-state index < -0.39 is 0 Å². The first-order chi connectivity index (χ1) is 9.65. The van der Waals surface area contributed by atoms with E-state index in [0.717, 1.165) is 30.5 Å². The topological polar surface area (TPSA) is 45.4 Å². The van der Waals surface area contributed by atoms with Gasteiger partial charge < -0.3 is 10.6 Å². The molecule has 2 unspecified atom stereocenters. The highest BCUT2D eigenvalue weighted by Crippen LogP contribution is 2.23. The number of aromatic nitrogens is 1. The van der Waals surface area contributed by atoms with Crippen LogP contribution in [0.5, 0.6) is 0 Å². The summed E-state index contributed by atoms with van der Waals surface area (Å²) >= 11 is 0. The molecule has 20 heavy (non-hydrogen) atoms. The maximum atomic E-state index is 6.52. The molecule has 2 heterocycles. The predicted octanol–water partition coefficient (Wildman–Crippen LogP) is 1.48. The Hall–Kier alpha value is -1.49. The molecule has 1 aromatic carbocycles. The minimum absolute atomic E-state index is 0.0346. The average Bonchev–Trinajstić information content (AvgIpc) is 2.48. The fraction of sp³-hybridized carbons (Fsp3) is 0.438. The number of nitrogens with zero attached hydrogens (tertiary/aromatic N) is 3. The van der Waals surface area contributed by atoms with Crippen LogP contribution in [0.2, 0.25) is 0 Å². The molecular formula is C16H22N4. The highest BCUT2D eigenvalue weighted by Gasteiger charge is 2.28. The van der Waals surface area contributed by atoms with Crippen molar-refractivity contribution < 1.29 is 0 Å². The Morgan fingerprint density at radius 1 is 1.25 bits per heavy atom. The number of likely N-dealkylation sites (N-methyl/N-ethyl adjacent to an activating group) is 2. The summed E-state index contributed by atoms with van der Waals surface area (Å²) in [7, 11) is 4.33. The van der Waals surface area contributed by atoms with E-state index >= 15 is 0 Å². The number of pyridine rings is 1. The van der Waals surface area contributed by atoms with Gasteiger partial charge in [0.25, 0.3) is 0 Å². The largest absolute Gasteiger partial charge is 0.323 e. The monoisotopic (exact) mass is 270 g/mol. The normalized spacial score (nSPS) is 23.1. The number of benzene rings is 1. The van der Waals surface area contributed by atoms with Crippen molar-refractivity contribution in [1.82, 2.24) is 14.8 Å². The van der Waals surface area contributed by atoms with Gasteiger partial charge in [0.05, 0.1) is 5.52 Å². The molecule has 1 aliphatic rings. The summed E-state index contributed by atoms with van der Waals surface area (Å²) in [5.41, 5.74) is 8.74. The predicted molar refractivity (Wildman–Crippen MR) is 82.6 cm³/mol. The first-order valence-corrected chi connectivity index (χ1v) is 7.14. The summed E-state index contributed by atoms with van der Waals surface area (Å²) in [6.45, 7) is 3.20. The zero-order valence-electron chi connectivity index (χ0n) is 12.2. The van der Waals surface area contributed by atoms with Crippen LogP contribution in [0.15, 0.2) is 36.5 Å². The molecule has 106 valence electrons. The molecule has 0 aliphatic carbocycles. The third kappa shape index (κ3) is 2.54. The number of fused-ring (bicyclic) bond motifs is 1. The van der Waals surface area contributed by atoms with Crippen molar-refractivity contribution in [2.24, 2.45) is 5.73 Å². The zero-order chi connectivity index (χ0) is 14.1. The lowest BCUT2D eigenvalue weighted by Crippen LogP contribution is -2.54. The van der Waals surface area contributed by atoms with Crippen LogP contribution in [-0.4, -0.2) is 54.6 Å². The maximum absolute atomic E-state index is 6.52. The Labute approximate surface area is 120 Å². The molecule has 4 heteroatoms. The SMILES string of the molecule is CN1CCN(C)C(C(N)c2ccc3ncccc3c2)C1. The van der Waals surface area contributed by atoms with Crippen LogP contribution in [0.1, 0.15) is 11.6 Å². The number of piperazine rings is 1. The lowest BCUT2D eigenvalue weighted by Gasteiger charge is -2.40. The van der Waals surface area contributed by atoms with E-state index in [2.05, 4.69) is 53.1 Å². The highest BCUT2D eigenvalue weighted by atomic mass is 15.3. The van der Waals surface area contributed by atoms with E-state index in [-0.39, 0.29) is 6.04 Å². The molecule has 4 nitrogen and oxygen atoms in total. The molecule has 0 spiro atoms. The van der Waals surface area contributed by atoms with Gasteiger partial charge in [-0.15, -0.1) is 0 Å². The van der Waals surface area contributed by atoms with Gasteiger partial charge in [0.15, 0.2) is 0 Å². The lowest BCUT2D eigenvalue weighted by molar-refractivity contribution is 0.0974. The summed E-state index contributed by atoms with van der Waals surface area (Å²) < 4.78 is 0. The number of hydrogen-bond donors (Lipinski definition) is 1. The van der Waals surface area contributed by atoms with E-state index in [1.807, 2.05) is 12.3 Å². The Morgan fingerprint density at radius 3 is 2.95 bits per heavy atom. The van der Waals surface area contributed by atoms with E-state index in [0.29, 0.717) is 6.04 Å². The van der Waals surface area contributed by atoms with Crippen molar-refractivity contribution in [3.05, 3.63) is 42.1 Å². The van der Waals surface area contributed by atoms with Crippen LogP contribution >= 0.6 is 0 Å². The van der Waals surface area contributed by atoms with E-state index in [4.69, 9.17) is 5.73 Å². The van der Waals surface area contributed by atoms with Gasteiger partial charge in [0, 0.05) is 43.3 Å². The maximum Gasteiger partial charge on any atom is 0.0702 e. The summed E-state index contributed by atoms with van der Waals surface area (Å²) in [4.78, 5) is 9.09. The summed E-state index contributed by atoms with van der Waals surface area (Å²) in [5, 5.41) is 1.16. The van der Waals surface area contributed by atoms with Gasteiger partial charge >= 0.3 is 0 Å². The molecule has 2 atom stereocenters. The van der Waals surface area contributed by atoms with Crippen LogP contribution in [0, 0.1) is 0 Å². The van der Waals surface area contributed by atoms with Gasteiger partial charge in [-0.05, 0) is 37.9 Å². The number of rotatable bonds is 2. The molecule has 1 aromatic heterocycles. The van der Waals surface area contributed by atoms with E-state index in [1.165, 1.54) is 5.56 Å². The smallest absolute Gasteiger partial charge is 0.0702 e. The molecule has 3 rings (SSSR count). The van der Waals surface area contributed by atoms with Gasteiger partial charge in [-0.25, -0.2) is 0 Å². The van der Waals surface area contributed by atoms with E-state index in [9.17, 15) is 0 Å². The third-order valence-electron chi connectivity index (χ3n) is 4.33. The zero-order valence-corrected chi connectivity index (χ0v) is 12.2. The second kappa shape index (κ2) is 5.48. The summed E-state index contributed by atoms with van der Waals surface area (Å²) in [6, 6.07) is 10.8. The second-order valence-electron chi connectivity index (χ2n) is 5.79. The third-order valence-corrected chi connectivity index (χ3v) is 4.33. The molecule has 0 radical (unpaired) electrons. The van der Waals surface area contributed by atoms with Crippen molar-refractivity contribution in [1.29, 1.82) is 0 Å². The van der Waals surface area contributed by atoms with Crippen LogP contribution in [-0.2, 0) is 0 Å². The van der Waals surface area contributed by atoms with Crippen LogP contribution in [0.3, 0.4) is 0 Å². The molecule has 1 saturated heterocycles. The minimum Gasteiger partial charge on any atom is -0.323 e. The van der Waals surface area contributed by atoms with Crippen LogP contribution in [0.25, 0.3) is 10.9 Å². The quantitative estimate of drug-likeness (QED) is 0.898. The van der Waals surface area contributed by atoms with Gasteiger partial charge in [0.1, 0.15) is 0 Å². The standard InChI is InChI=1S/C16H22N4/c1-19-8-9-20(2)15(11-19)16(17)13-5-6-14-12(10-13)4-3-7-18-14/h3-7,10,15-16H,8-9,11,17H2,1-2H3. The molecule has 2 N–H and O–H groups in total. The molecule has 0 saturated carbocycles.